The minimum absolute atomic E-state index is 0.0584. The molecule has 0 bridgehead atoms. The molecule has 1 saturated heterocycles. The Balaban J connectivity index is 1.55. The number of nitrogens with zero attached hydrogens (tertiary/aromatic N) is 1. The number of benzene rings is 2. The van der Waals surface area contributed by atoms with Gasteiger partial charge in [-0.25, -0.2) is 8.78 Å². The van der Waals surface area contributed by atoms with E-state index in [-0.39, 0.29) is 22.5 Å². The van der Waals surface area contributed by atoms with Crippen LogP contribution in [-0.2, 0) is 23.7 Å². The number of alkyl halides is 2. The predicted molar refractivity (Wildman–Crippen MR) is 110 cm³/mol. The van der Waals surface area contributed by atoms with Crippen molar-refractivity contribution < 1.29 is 13.6 Å². The second kappa shape index (κ2) is 7.30. The molecule has 0 radical (unpaired) electrons. The standard InChI is InChI=1S/C23H21ClF2N2O/c1-14-7-10-21(22(29)27-14)28-13-17-11-16(8-9-18(17)15(28)2)12-23(25,26)19-5-3-4-6-20(19)24/h3-6,8-9,11,21H,1-2,7,10,12-13H2,(H,27,29). The normalized spacial score (nSPS) is 19.3. The summed E-state index contributed by atoms with van der Waals surface area (Å²) in [6.45, 7) is 8.41. The molecule has 2 aliphatic rings. The summed E-state index contributed by atoms with van der Waals surface area (Å²) >= 11 is 5.97. The van der Waals surface area contributed by atoms with E-state index in [0.29, 0.717) is 24.9 Å². The Morgan fingerprint density at radius 2 is 1.97 bits per heavy atom. The smallest absolute Gasteiger partial charge is 0.278 e. The highest BCUT2D eigenvalue weighted by molar-refractivity contribution is 6.31. The number of halogens is 3. The van der Waals surface area contributed by atoms with Crippen molar-refractivity contribution >= 4 is 23.2 Å². The van der Waals surface area contributed by atoms with Gasteiger partial charge in [0.2, 0.25) is 5.91 Å². The first-order chi connectivity index (χ1) is 13.8. The fourth-order valence-corrected chi connectivity index (χ4v) is 4.34. The van der Waals surface area contributed by atoms with Crippen LogP contribution in [0.5, 0.6) is 0 Å². The maximum absolute atomic E-state index is 14.8. The van der Waals surface area contributed by atoms with E-state index in [4.69, 9.17) is 11.6 Å². The molecule has 0 saturated carbocycles. The van der Waals surface area contributed by atoms with Crippen LogP contribution in [0.15, 0.2) is 61.3 Å². The van der Waals surface area contributed by atoms with Crippen molar-refractivity contribution in [1.82, 2.24) is 10.2 Å². The summed E-state index contributed by atoms with van der Waals surface area (Å²) in [6.07, 6.45) is 0.932. The van der Waals surface area contributed by atoms with Crippen LogP contribution in [0.3, 0.4) is 0 Å². The van der Waals surface area contributed by atoms with Crippen molar-refractivity contribution in [2.24, 2.45) is 0 Å². The van der Waals surface area contributed by atoms with Gasteiger partial charge in [0.25, 0.3) is 5.92 Å². The van der Waals surface area contributed by atoms with Gasteiger partial charge in [-0.2, -0.15) is 0 Å². The summed E-state index contributed by atoms with van der Waals surface area (Å²) in [7, 11) is 0. The molecule has 0 aromatic heterocycles. The molecule has 2 heterocycles. The number of nitrogens with one attached hydrogen (secondary N) is 1. The molecule has 6 heteroatoms. The highest BCUT2D eigenvalue weighted by Gasteiger charge is 2.37. The van der Waals surface area contributed by atoms with Gasteiger partial charge in [0.1, 0.15) is 6.04 Å². The quantitative estimate of drug-likeness (QED) is 0.740. The molecule has 1 atom stereocenters. The molecule has 29 heavy (non-hydrogen) atoms. The van der Waals surface area contributed by atoms with Gasteiger partial charge in [-0.1, -0.05) is 61.2 Å². The van der Waals surface area contributed by atoms with Crippen molar-refractivity contribution in [2.45, 2.75) is 37.8 Å². The van der Waals surface area contributed by atoms with Gasteiger partial charge in [-0.3, -0.25) is 4.79 Å². The first kappa shape index (κ1) is 19.6. The van der Waals surface area contributed by atoms with E-state index in [0.717, 1.165) is 22.5 Å². The molecule has 0 aliphatic carbocycles. The van der Waals surface area contributed by atoms with Crippen LogP contribution in [0, 0.1) is 0 Å². The molecule has 150 valence electrons. The van der Waals surface area contributed by atoms with Crippen LogP contribution < -0.4 is 5.32 Å². The fraction of sp³-hybridized carbons (Fsp3) is 0.261. The minimum Gasteiger partial charge on any atom is -0.355 e. The van der Waals surface area contributed by atoms with Crippen LogP contribution >= 0.6 is 11.6 Å². The molecule has 1 amide bonds. The zero-order valence-corrected chi connectivity index (χ0v) is 16.6. The number of carbonyl (C=O) groups excluding carboxylic acids is 1. The molecule has 0 spiro atoms. The van der Waals surface area contributed by atoms with E-state index >= 15 is 0 Å². The van der Waals surface area contributed by atoms with E-state index in [1.165, 1.54) is 12.1 Å². The lowest BCUT2D eigenvalue weighted by Gasteiger charge is -2.33. The summed E-state index contributed by atoms with van der Waals surface area (Å²) in [5, 5.41) is 2.85. The van der Waals surface area contributed by atoms with Crippen molar-refractivity contribution in [2.75, 3.05) is 0 Å². The van der Waals surface area contributed by atoms with Crippen LogP contribution in [0.2, 0.25) is 5.02 Å². The predicted octanol–water partition coefficient (Wildman–Crippen LogP) is 5.25. The van der Waals surface area contributed by atoms with E-state index in [9.17, 15) is 13.6 Å². The van der Waals surface area contributed by atoms with E-state index in [2.05, 4.69) is 18.5 Å². The topological polar surface area (TPSA) is 32.3 Å². The number of fused-ring (bicyclic) bond motifs is 1. The molecule has 2 aromatic carbocycles. The summed E-state index contributed by atoms with van der Waals surface area (Å²) in [6, 6.07) is 11.0. The zero-order chi connectivity index (χ0) is 20.8. The Morgan fingerprint density at radius 3 is 2.69 bits per heavy atom. The number of allylic oxidation sites excluding steroid dienone is 1. The monoisotopic (exact) mass is 414 g/mol. The Labute approximate surface area is 173 Å². The van der Waals surface area contributed by atoms with Gasteiger partial charge in [-0.15, -0.1) is 0 Å². The molecule has 1 unspecified atom stereocenters. The highest BCUT2D eigenvalue weighted by Crippen LogP contribution is 2.39. The molecule has 2 aliphatic heterocycles. The van der Waals surface area contributed by atoms with Crippen molar-refractivity contribution in [3.8, 4) is 0 Å². The lowest BCUT2D eigenvalue weighted by Crippen LogP contribution is -2.47. The van der Waals surface area contributed by atoms with Gasteiger partial charge >= 0.3 is 0 Å². The molecular weight excluding hydrogens is 394 g/mol. The second-order valence-corrected chi connectivity index (χ2v) is 7.98. The van der Waals surface area contributed by atoms with Crippen molar-refractivity contribution in [3.63, 3.8) is 0 Å². The van der Waals surface area contributed by atoms with Crippen LogP contribution in [0.25, 0.3) is 5.70 Å². The number of hydrogen-bond donors (Lipinski definition) is 1. The number of amides is 1. The molecule has 3 nitrogen and oxygen atoms in total. The van der Waals surface area contributed by atoms with E-state index in [1.54, 1.807) is 24.3 Å². The molecule has 4 rings (SSSR count). The second-order valence-electron chi connectivity index (χ2n) is 7.57. The summed E-state index contributed by atoms with van der Waals surface area (Å²) in [4.78, 5) is 14.3. The van der Waals surface area contributed by atoms with Crippen LogP contribution in [0.1, 0.15) is 35.1 Å². The molecule has 1 N–H and O–H groups in total. The maximum atomic E-state index is 14.8. The van der Waals surface area contributed by atoms with Gasteiger partial charge < -0.3 is 10.2 Å². The molecular formula is C23H21ClF2N2O. The number of hydrogen-bond acceptors (Lipinski definition) is 2. The Morgan fingerprint density at radius 1 is 1.21 bits per heavy atom. The lowest BCUT2D eigenvalue weighted by molar-refractivity contribution is -0.125. The number of piperidine rings is 1. The average Bonchev–Trinajstić information content (AvgIpc) is 2.97. The van der Waals surface area contributed by atoms with Gasteiger partial charge in [0.05, 0.1) is 0 Å². The first-order valence-electron chi connectivity index (χ1n) is 9.45. The lowest BCUT2D eigenvalue weighted by atomic mass is 9.97. The first-order valence-corrected chi connectivity index (χ1v) is 9.83. The summed E-state index contributed by atoms with van der Waals surface area (Å²) < 4.78 is 29.6. The minimum atomic E-state index is -3.08. The molecule has 2 aromatic rings. The maximum Gasteiger partial charge on any atom is 0.278 e. The van der Waals surface area contributed by atoms with Crippen molar-refractivity contribution in [3.05, 3.63) is 88.6 Å². The summed E-state index contributed by atoms with van der Waals surface area (Å²) in [5.41, 5.74) is 3.61. The van der Waals surface area contributed by atoms with E-state index in [1.807, 2.05) is 11.0 Å². The van der Waals surface area contributed by atoms with Crippen LogP contribution in [0.4, 0.5) is 8.78 Å². The third-order valence-electron chi connectivity index (χ3n) is 5.56. The Bertz CT molecular complexity index is 1020. The van der Waals surface area contributed by atoms with Gasteiger partial charge in [0.15, 0.2) is 0 Å². The van der Waals surface area contributed by atoms with Gasteiger partial charge in [0, 0.05) is 40.5 Å². The third-order valence-corrected chi connectivity index (χ3v) is 5.89. The highest BCUT2D eigenvalue weighted by atomic mass is 35.5. The largest absolute Gasteiger partial charge is 0.355 e. The third kappa shape index (κ3) is 3.67. The van der Waals surface area contributed by atoms with E-state index < -0.39 is 12.3 Å². The van der Waals surface area contributed by atoms with Gasteiger partial charge in [-0.05, 0) is 30.0 Å². The van der Waals surface area contributed by atoms with Crippen LogP contribution in [-0.4, -0.2) is 16.8 Å². The Hall–Kier alpha value is -2.66. The SMILES string of the molecule is C=C1CCC(N2Cc3cc(CC(F)(F)c4ccccc4Cl)ccc3C2=C)C(=O)N1. The fourth-order valence-electron chi connectivity index (χ4n) is 4.07. The zero-order valence-electron chi connectivity index (χ0n) is 15.9. The average molecular weight is 415 g/mol. The number of rotatable bonds is 4. The number of carbonyl (C=O) groups is 1. The van der Waals surface area contributed by atoms with Crippen molar-refractivity contribution in [1.29, 1.82) is 0 Å². The molecule has 1 fully saturated rings. The Kier molecular flexibility index (Phi) is 4.95. The summed E-state index contributed by atoms with van der Waals surface area (Å²) in [5.74, 6) is -3.17.